The maximum absolute atomic E-state index is 11.8. The number of ether oxygens (including phenoxy) is 1. The van der Waals surface area contributed by atoms with E-state index in [4.69, 9.17) is 9.88 Å². The zero-order valence-corrected chi connectivity index (χ0v) is 11.4. The lowest BCUT2D eigenvalue weighted by Crippen LogP contribution is -2.37. The predicted octanol–water partition coefficient (Wildman–Crippen LogP) is 0.164. The molecule has 0 saturated heterocycles. The maximum Gasteiger partial charge on any atom is 0.261 e. The average molecular weight is 284 g/mol. The number of hydrogen-bond donors (Lipinski definition) is 2. The van der Waals surface area contributed by atoms with Crippen molar-refractivity contribution >= 4 is 15.9 Å². The molecule has 0 saturated carbocycles. The van der Waals surface area contributed by atoms with Crippen LogP contribution in [-0.2, 0) is 21.2 Å². The third-order valence-electron chi connectivity index (χ3n) is 2.88. The Morgan fingerprint density at radius 1 is 1.53 bits per heavy atom. The standard InChI is InChI=1S/C12H16N2O4S/c1-2-5-14-12(15)11-7-8-6-9(19(13,16)17)3-4-10(8)18-11/h3-4,6,11H,2,5,7H2,1H3,(H,14,15)(H2,13,16,17). The van der Waals surface area contributed by atoms with Gasteiger partial charge in [-0.15, -0.1) is 0 Å². The van der Waals surface area contributed by atoms with Gasteiger partial charge in [0.2, 0.25) is 10.0 Å². The van der Waals surface area contributed by atoms with Crippen LogP contribution in [0.4, 0.5) is 0 Å². The Bertz CT molecular complexity index is 598. The van der Waals surface area contributed by atoms with E-state index in [1.807, 2.05) is 6.92 Å². The highest BCUT2D eigenvalue weighted by atomic mass is 32.2. The number of primary sulfonamides is 1. The zero-order valence-electron chi connectivity index (χ0n) is 10.5. The fourth-order valence-electron chi connectivity index (χ4n) is 1.91. The van der Waals surface area contributed by atoms with Crippen molar-refractivity contribution in [2.24, 2.45) is 5.14 Å². The van der Waals surface area contributed by atoms with Crippen LogP contribution in [0.2, 0.25) is 0 Å². The van der Waals surface area contributed by atoms with Gasteiger partial charge < -0.3 is 10.1 Å². The van der Waals surface area contributed by atoms with E-state index in [0.29, 0.717) is 24.3 Å². The smallest absolute Gasteiger partial charge is 0.261 e. The van der Waals surface area contributed by atoms with Gasteiger partial charge in [0.15, 0.2) is 6.10 Å². The van der Waals surface area contributed by atoms with E-state index in [1.165, 1.54) is 18.2 Å². The van der Waals surface area contributed by atoms with E-state index in [0.717, 1.165) is 6.42 Å². The normalized spacial score (nSPS) is 17.7. The van der Waals surface area contributed by atoms with Gasteiger partial charge in [0.25, 0.3) is 5.91 Å². The molecule has 1 aromatic rings. The number of benzene rings is 1. The summed E-state index contributed by atoms with van der Waals surface area (Å²) in [6.45, 7) is 2.56. The molecule has 0 fully saturated rings. The summed E-state index contributed by atoms with van der Waals surface area (Å²) in [5, 5.41) is 7.81. The number of nitrogens with one attached hydrogen (secondary N) is 1. The molecule has 3 N–H and O–H groups in total. The topological polar surface area (TPSA) is 98.5 Å². The van der Waals surface area contributed by atoms with Crippen LogP contribution in [0.25, 0.3) is 0 Å². The van der Waals surface area contributed by atoms with Crippen molar-refractivity contribution in [2.45, 2.75) is 30.8 Å². The van der Waals surface area contributed by atoms with Crippen molar-refractivity contribution in [3.8, 4) is 5.75 Å². The Labute approximate surface area is 112 Å². The summed E-state index contributed by atoms with van der Waals surface area (Å²) in [6.07, 6.45) is 0.604. The molecule has 1 heterocycles. The minimum atomic E-state index is -3.73. The van der Waals surface area contributed by atoms with Crippen molar-refractivity contribution < 1.29 is 17.9 Å². The first-order valence-electron chi connectivity index (χ1n) is 6.02. The number of nitrogens with two attached hydrogens (primary N) is 1. The van der Waals surface area contributed by atoms with E-state index < -0.39 is 16.1 Å². The first-order chi connectivity index (χ1) is 8.91. The van der Waals surface area contributed by atoms with Gasteiger partial charge in [-0.05, 0) is 30.2 Å². The highest BCUT2D eigenvalue weighted by molar-refractivity contribution is 7.89. The lowest BCUT2D eigenvalue weighted by Gasteiger charge is -2.10. The van der Waals surface area contributed by atoms with Crippen molar-refractivity contribution in [2.75, 3.05) is 6.54 Å². The van der Waals surface area contributed by atoms with Gasteiger partial charge >= 0.3 is 0 Å². The Morgan fingerprint density at radius 3 is 2.89 bits per heavy atom. The zero-order chi connectivity index (χ0) is 14.0. The second kappa shape index (κ2) is 5.18. The third-order valence-corrected chi connectivity index (χ3v) is 3.79. The van der Waals surface area contributed by atoms with Crippen LogP contribution in [0.1, 0.15) is 18.9 Å². The van der Waals surface area contributed by atoms with Crippen molar-refractivity contribution in [1.29, 1.82) is 0 Å². The Balaban J connectivity index is 2.14. The summed E-state index contributed by atoms with van der Waals surface area (Å²) in [5.41, 5.74) is 0.683. The minimum absolute atomic E-state index is 0.0319. The summed E-state index contributed by atoms with van der Waals surface area (Å²) in [4.78, 5) is 11.8. The molecule has 1 unspecified atom stereocenters. The number of hydrogen-bond acceptors (Lipinski definition) is 4. The van der Waals surface area contributed by atoms with Crippen LogP contribution >= 0.6 is 0 Å². The Kier molecular flexibility index (Phi) is 3.77. The van der Waals surface area contributed by atoms with E-state index in [-0.39, 0.29) is 10.8 Å². The first-order valence-corrected chi connectivity index (χ1v) is 7.56. The molecule has 7 heteroatoms. The van der Waals surface area contributed by atoms with Gasteiger partial charge in [-0.2, -0.15) is 0 Å². The van der Waals surface area contributed by atoms with E-state index >= 15 is 0 Å². The van der Waals surface area contributed by atoms with Crippen LogP contribution in [0.15, 0.2) is 23.1 Å². The number of carbonyl (C=O) groups is 1. The van der Waals surface area contributed by atoms with Crippen LogP contribution in [-0.4, -0.2) is 27.0 Å². The van der Waals surface area contributed by atoms with Crippen molar-refractivity contribution in [1.82, 2.24) is 5.32 Å². The van der Waals surface area contributed by atoms with E-state index in [1.54, 1.807) is 0 Å². The van der Waals surface area contributed by atoms with Crippen LogP contribution < -0.4 is 15.2 Å². The summed E-state index contributed by atoms with van der Waals surface area (Å²) in [7, 11) is -3.73. The predicted molar refractivity (Wildman–Crippen MR) is 69.2 cm³/mol. The van der Waals surface area contributed by atoms with Gasteiger partial charge in [-0.3, -0.25) is 4.79 Å². The summed E-state index contributed by atoms with van der Waals surface area (Å²) in [6, 6.07) is 4.36. The maximum atomic E-state index is 11.8. The number of amides is 1. The molecule has 0 spiro atoms. The number of fused-ring (bicyclic) bond motifs is 1. The van der Waals surface area contributed by atoms with Gasteiger partial charge in [-0.25, -0.2) is 13.6 Å². The second-order valence-corrected chi connectivity index (χ2v) is 5.98. The molecule has 1 aromatic carbocycles. The molecule has 0 aromatic heterocycles. The molecule has 6 nitrogen and oxygen atoms in total. The Hall–Kier alpha value is -1.60. The minimum Gasteiger partial charge on any atom is -0.480 e. The number of sulfonamides is 1. The summed E-state index contributed by atoms with van der Waals surface area (Å²) < 4.78 is 28.0. The van der Waals surface area contributed by atoms with Crippen LogP contribution in [0.3, 0.4) is 0 Å². The van der Waals surface area contributed by atoms with E-state index in [2.05, 4.69) is 5.32 Å². The largest absolute Gasteiger partial charge is 0.480 e. The molecular weight excluding hydrogens is 268 g/mol. The van der Waals surface area contributed by atoms with Crippen molar-refractivity contribution in [3.63, 3.8) is 0 Å². The fraction of sp³-hybridized carbons (Fsp3) is 0.417. The molecule has 104 valence electrons. The molecule has 1 amide bonds. The molecule has 1 aliphatic rings. The van der Waals surface area contributed by atoms with Crippen LogP contribution in [0.5, 0.6) is 5.75 Å². The molecule has 2 rings (SSSR count). The molecule has 0 bridgehead atoms. The van der Waals surface area contributed by atoms with Gasteiger partial charge in [-0.1, -0.05) is 6.92 Å². The summed E-state index contributed by atoms with van der Waals surface area (Å²) >= 11 is 0. The molecule has 19 heavy (non-hydrogen) atoms. The van der Waals surface area contributed by atoms with Gasteiger partial charge in [0.05, 0.1) is 4.90 Å². The van der Waals surface area contributed by atoms with Gasteiger partial charge in [0, 0.05) is 13.0 Å². The lowest BCUT2D eigenvalue weighted by molar-refractivity contribution is -0.127. The highest BCUT2D eigenvalue weighted by Crippen LogP contribution is 2.30. The second-order valence-electron chi connectivity index (χ2n) is 4.42. The van der Waals surface area contributed by atoms with Gasteiger partial charge in [0.1, 0.15) is 5.75 Å². The lowest BCUT2D eigenvalue weighted by atomic mass is 10.1. The van der Waals surface area contributed by atoms with Crippen LogP contribution in [0, 0.1) is 0 Å². The SMILES string of the molecule is CCCNC(=O)C1Cc2cc(S(N)(=O)=O)ccc2O1. The fourth-order valence-corrected chi connectivity index (χ4v) is 2.47. The molecular formula is C12H16N2O4S. The molecule has 0 aliphatic carbocycles. The molecule has 0 radical (unpaired) electrons. The van der Waals surface area contributed by atoms with Crippen molar-refractivity contribution in [3.05, 3.63) is 23.8 Å². The Morgan fingerprint density at radius 2 is 2.26 bits per heavy atom. The highest BCUT2D eigenvalue weighted by Gasteiger charge is 2.29. The average Bonchev–Trinajstić information content (AvgIpc) is 2.77. The monoisotopic (exact) mass is 284 g/mol. The quantitative estimate of drug-likeness (QED) is 0.823. The number of rotatable bonds is 4. The molecule has 1 aliphatic heterocycles. The number of carbonyl (C=O) groups excluding carboxylic acids is 1. The van der Waals surface area contributed by atoms with E-state index in [9.17, 15) is 13.2 Å². The first kappa shape index (κ1) is 13.8. The summed E-state index contributed by atoms with van der Waals surface area (Å²) in [5.74, 6) is 0.347. The molecule has 1 atom stereocenters. The third kappa shape index (κ3) is 3.05.